The van der Waals surface area contributed by atoms with E-state index >= 15 is 0 Å². The number of benzene rings is 1. The number of carbonyl (C=O) groups is 3. The standard InChI is InChI=1S/C19H24N2O6/c1-12-4-2-3-5-14(12)21-17(22)10-25-18(23)9-20-19(24)13-6-7-15-16(8-13)27-11-26-15/h6-8,12,14H,2-5,9-11H2,1H3,(H,20,24)(H,21,22)/t12-,14+/m1/s1. The largest absolute Gasteiger partial charge is 0.454 e. The number of esters is 1. The highest BCUT2D eigenvalue weighted by Crippen LogP contribution is 2.32. The SMILES string of the molecule is C[C@@H]1CCCC[C@@H]1NC(=O)COC(=O)CNC(=O)c1ccc2c(c1)OCO2. The first-order valence-electron chi connectivity index (χ1n) is 9.16. The molecule has 0 radical (unpaired) electrons. The van der Waals surface area contributed by atoms with Crippen LogP contribution in [0.3, 0.4) is 0 Å². The van der Waals surface area contributed by atoms with Gasteiger partial charge in [-0.15, -0.1) is 0 Å². The minimum atomic E-state index is -0.670. The lowest BCUT2D eigenvalue weighted by Gasteiger charge is -2.29. The third-order valence-corrected chi connectivity index (χ3v) is 4.85. The van der Waals surface area contributed by atoms with E-state index in [2.05, 4.69) is 17.6 Å². The fraction of sp³-hybridized carbons (Fsp3) is 0.526. The monoisotopic (exact) mass is 376 g/mol. The van der Waals surface area contributed by atoms with Crippen molar-refractivity contribution < 1.29 is 28.6 Å². The quantitative estimate of drug-likeness (QED) is 0.727. The van der Waals surface area contributed by atoms with Crippen molar-refractivity contribution in [3.05, 3.63) is 23.8 Å². The van der Waals surface area contributed by atoms with Crippen LogP contribution in [0.1, 0.15) is 43.0 Å². The Morgan fingerprint density at radius 3 is 2.74 bits per heavy atom. The van der Waals surface area contributed by atoms with Gasteiger partial charge >= 0.3 is 5.97 Å². The molecule has 1 aromatic carbocycles. The van der Waals surface area contributed by atoms with Gasteiger partial charge in [0.15, 0.2) is 18.1 Å². The van der Waals surface area contributed by atoms with E-state index in [9.17, 15) is 14.4 Å². The van der Waals surface area contributed by atoms with Crippen LogP contribution in [-0.4, -0.2) is 43.8 Å². The molecular weight excluding hydrogens is 352 g/mol. The van der Waals surface area contributed by atoms with Crippen LogP contribution in [0.2, 0.25) is 0 Å². The fourth-order valence-corrected chi connectivity index (χ4v) is 3.27. The molecule has 2 N–H and O–H groups in total. The zero-order valence-corrected chi connectivity index (χ0v) is 15.3. The summed E-state index contributed by atoms with van der Waals surface area (Å²) in [4.78, 5) is 35.8. The Balaban J connectivity index is 1.38. The average molecular weight is 376 g/mol. The van der Waals surface area contributed by atoms with Crippen molar-refractivity contribution in [2.45, 2.75) is 38.6 Å². The van der Waals surface area contributed by atoms with Gasteiger partial charge < -0.3 is 24.8 Å². The number of rotatable bonds is 6. The van der Waals surface area contributed by atoms with Gasteiger partial charge in [0.05, 0.1) is 0 Å². The third-order valence-electron chi connectivity index (χ3n) is 4.85. The van der Waals surface area contributed by atoms with E-state index in [4.69, 9.17) is 14.2 Å². The first-order valence-corrected chi connectivity index (χ1v) is 9.16. The Morgan fingerprint density at radius 2 is 1.93 bits per heavy atom. The minimum absolute atomic E-state index is 0.119. The Hall–Kier alpha value is -2.77. The van der Waals surface area contributed by atoms with E-state index < -0.39 is 11.9 Å². The molecule has 0 bridgehead atoms. The van der Waals surface area contributed by atoms with Gasteiger partial charge in [-0.05, 0) is 37.0 Å². The summed E-state index contributed by atoms with van der Waals surface area (Å²) in [5.74, 6) is 0.0633. The first-order chi connectivity index (χ1) is 13.0. The smallest absolute Gasteiger partial charge is 0.325 e. The second-order valence-corrected chi connectivity index (χ2v) is 6.85. The van der Waals surface area contributed by atoms with Gasteiger partial charge in [0, 0.05) is 11.6 Å². The van der Waals surface area contributed by atoms with Gasteiger partial charge in [0.25, 0.3) is 11.8 Å². The van der Waals surface area contributed by atoms with Crippen molar-refractivity contribution in [3.63, 3.8) is 0 Å². The molecule has 8 heteroatoms. The zero-order chi connectivity index (χ0) is 19.2. The van der Waals surface area contributed by atoms with Crippen LogP contribution in [0.25, 0.3) is 0 Å². The Morgan fingerprint density at radius 1 is 1.15 bits per heavy atom. The molecule has 0 saturated heterocycles. The predicted octanol–water partition coefficient (Wildman–Crippen LogP) is 1.38. The number of carbonyl (C=O) groups excluding carboxylic acids is 3. The van der Waals surface area contributed by atoms with Crippen molar-refractivity contribution in [2.24, 2.45) is 5.92 Å². The number of hydrogen-bond donors (Lipinski definition) is 2. The molecule has 1 aliphatic carbocycles. The highest BCUT2D eigenvalue weighted by Gasteiger charge is 2.23. The fourth-order valence-electron chi connectivity index (χ4n) is 3.27. The van der Waals surface area contributed by atoms with E-state index in [-0.39, 0.29) is 31.9 Å². The molecule has 8 nitrogen and oxygen atoms in total. The highest BCUT2D eigenvalue weighted by atomic mass is 16.7. The molecule has 2 amide bonds. The lowest BCUT2D eigenvalue weighted by molar-refractivity contribution is -0.147. The Kier molecular flexibility index (Phi) is 6.16. The summed E-state index contributed by atoms with van der Waals surface area (Å²) in [6, 6.07) is 4.89. The summed E-state index contributed by atoms with van der Waals surface area (Å²) in [5.41, 5.74) is 0.344. The van der Waals surface area contributed by atoms with Crippen LogP contribution in [0.4, 0.5) is 0 Å². The van der Waals surface area contributed by atoms with Gasteiger partial charge in [0.1, 0.15) is 6.54 Å². The molecule has 1 fully saturated rings. The van der Waals surface area contributed by atoms with E-state index in [1.54, 1.807) is 18.2 Å². The maximum Gasteiger partial charge on any atom is 0.325 e. The summed E-state index contributed by atoms with van der Waals surface area (Å²) < 4.78 is 15.3. The lowest BCUT2D eigenvalue weighted by Crippen LogP contribution is -2.43. The number of amides is 2. The van der Waals surface area contributed by atoms with Gasteiger partial charge in [-0.2, -0.15) is 0 Å². The van der Waals surface area contributed by atoms with E-state index in [0.717, 1.165) is 19.3 Å². The molecule has 1 heterocycles. The molecule has 0 spiro atoms. The van der Waals surface area contributed by atoms with Gasteiger partial charge in [0.2, 0.25) is 6.79 Å². The Bertz CT molecular complexity index is 720. The molecule has 27 heavy (non-hydrogen) atoms. The number of nitrogens with one attached hydrogen (secondary N) is 2. The summed E-state index contributed by atoms with van der Waals surface area (Å²) in [6.07, 6.45) is 4.33. The van der Waals surface area contributed by atoms with Gasteiger partial charge in [-0.25, -0.2) is 0 Å². The topological polar surface area (TPSA) is 103 Å². The molecule has 146 valence electrons. The molecule has 1 aliphatic heterocycles. The number of hydrogen-bond acceptors (Lipinski definition) is 6. The predicted molar refractivity (Wildman–Crippen MR) is 95.4 cm³/mol. The van der Waals surface area contributed by atoms with Crippen LogP contribution in [0.15, 0.2) is 18.2 Å². The van der Waals surface area contributed by atoms with Crippen molar-refractivity contribution in [1.29, 1.82) is 0 Å². The maximum absolute atomic E-state index is 12.1. The second-order valence-electron chi connectivity index (χ2n) is 6.85. The van der Waals surface area contributed by atoms with Crippen molar-refractivity contribution in [1.82, 2.24) is 10.6 Å². The number of ether oxygens (including phenoxy) is 3. The van der Waals surface area contributed by atoms with E-state index in [1.807, 2.05) is 0 Å². The van der Waals surface area contributed by atoms with Gasteiger partial charge in [-0.3, -0.25) is 14.4 Å². The molecular formula is C19H24N2O6. The van der Waals surface area contributed by atoms with Crippen molar-refractivity contribution >= 4 is 17.8 Å². The maximum atomic E-state index is 12.1. The minimum Gasteiger partial charge on any atom is -0.454 e. The molecule has 3 rings (SSSR count). The van der Waals surface area contributed by atoms with Crippen LogP contribution >= 0.6 is 0 Å². The summed E-state index contributed by atoms with van der Waals surface area (Å²) >= 11 is 0. The summed E-state index contributed by atoms with van der Waals surface area (Å²) in [6.45, 7) is 1.57. The van der Waals surface area contributed by atoms with Crippen LogP contribution < -0.4 is 20.1 Å². The van der Waals surface area contributed by atoms with Crippen LogP contribution in [-0.2, 0) is 14.3 Å². The molecule has 0 aromatic heterocycles. The summed E-state index contributed by atoms with van der Waals surface area (Å²) in [7, 11) is 0. The number of fused-ring (bicyclic) bond motifs is 1. The van der Waals surface area contributed by atoms with Crippen molar-refractivity contribution in [2.75, 3.05) is 19.9 Å². The van der Waals surface area contributed by atoms with Crippen molar-refractivity contribution in [3.8, 4) is 11.5 Å². The van der Waals surface area contributed by atoms with Crippen LogP contribution in [0, 0.1) is 5.92 Å². The second kappa shape index (κ2) is 8.75. The molecule has 0 unspecified atom stereocenters. The van der Waals surface area contributed by atoms with E-state index in [1.165, 1.54) is 6.42 Å². The molecule has 1 saturated carbocycles. The lowest BCUT2D eigenvalue weighted by atomic mass is 9.86. The highest BCUT2D eigenvalue weighted by molar-refractivity contribution is 5.96. The Labute approximate surface area is 157 Å². The molecule has 2 atom stereocenters. The first kappa shape index (κ1) is 19.0. The van der Waals surface area contributed by atoms with E-state index in [0.29, 0.717) is 23.0 Å². The summed E-state index contributed by atoms with van der Waals surface area (Å²) in [5, 5.41) is 5.37. The van der Waals surface area contributed by atoms with Crippen LogP contribution in [0.5, 0.6) is 11.5 Å². The third kappa shape index (κ3) is 5.12. The average Bonchev–Trinajstić information content (AvgIpc) is 3.14. The molecule has 1 aromatic rings. The normalized spacial score (nSPS) is 20.6. The molecule has 2 aliphatic rings. The zero-order valence-electron chi connectivity index (χ0n) is 15.3. The van der Waals surface area contributed by atoms with Gasteiger partial charge in [-0.1, -0.05) is 19.8 Å².